The number of hydrogen-bond acceptors (Lipinski definition) is 4. The largest absolute Gasteiger partial charge is 0.326 e. The smallest absolute Gasteiger partial charge is 0.240 e. The Hall–Kier alpha value is -3.29. The van der Waals surface area contributed by atoms with Crippen LogP contribution in [0.1, 0.15) is 34.3 Å². The molecule has 0 fully saturated rings. The fraction of sp³-hybridized carbons (Fsp3) is 0.200. The van der Waals surface area contributed by atoms with E-state index in [0.29, 0.717) is 24.2 Å². The number of amides is 1. The van der Waals surface area contributed by atoms with E-state index in [-0.39, 0.29) is 29.4 Å². The summed E-state index contributed by atoms with van der Waals surface area (Å²) in [5, 5.41) is 2.69. The topological polar surface area (TPSA) is 92.3 Å². The zero-order valence-corrected chi connectivity index (χ0v) is 18.7. The molecule has 0 unspecified atom stereocenters. The number of nitrogens with one attached hydrogen (secondary N) is 2. The van der Waals surface area contributed by atoms with Crippen molar-refractivity contribution in [3.8, 4) is 0 Å². The average molecular weight is 451 g/mol. The van der Waals surface area contributed by atoms with E-state index in [2.05, 4.69) is 10.0 Å². The molecule has 0 aliphatic heterocycles. The molecular formula is C25H26N2O4S. The second-order valence-corrected chi connectivity index (χ2v) is 9.26. The number of carbonyl (C=O) groups excluding carboxylic acids is 2. The first kappa shape index (κ1) is 23.4. The second kappa shape index (κ2) is 10.8. The molecule has 0 aliphatic rings. The summed E-state index contributed by atoms with van der Waals surface area (Å²) in [6.45, 7) is 2.23. The Bertz CT molecular complexity index is 1160. The number of anilines is 1. The van der Waals surface area contributed by atoms with E-state index in [1.165, 1.54) is 24.3 Å². The Morgan fingerprint density at radius 1 is 0.812 bits per heavy atom. The van der Waals surface area contributed by atoms with Crippen molar-refractivity contribution in [2.75, 3.05) is 11.9 Å². The van der Waals surface area contributed by atoms with Gasteiger partial charge in [-0.05, 0) is 43.2 Å². The highest BCUT2D eigenvalue weighted by Crippen LogP contribution is 2.15. The average Bonchev–Trinajstić information content (AvgIpc) is 2.79. The van der Waals surface area contributed by atoms with Gasteiger partial charge in [-0.3, -0.25) is 9.59 Å². The van der Waals surface area contributed by atoms with Crippen LogP contribution >= 0.6 is 0 Å². The normalized spacial score (nSPS) is 11.2. The maximum Gasteiger partial charge on any atom is 0.240 e. The molecule has 3 rings (SSSR count). The Morgan fingerprint density at radius 3 is 2.12 bits per heavy atom. The third-order valence-corrected chi connectivity index (χ3v) is 6.43. The molecule has 32 heavy (non-hydrogen) atoms. The summed E-state index contributed by atoms with van der Waals surface area (Å²) in [4.78, 5) is 24.5. The number of Topliss-reactive ketones (excluding diaryl/α,β-unsaturated/α-hetero) is 1. The molecule has 3 aromatic carbocycles. The summed E-state index contributed by atoms with van der Waals surface area (Å²) in [6, 6.07) is 22.8. The van der Waals surface area contributed by atoms with Gasteiger partial charge in [-0.25, -0.2) is 13.1 Å². The van der Waals surface area contributed by atoms with Gasteiger partial charge in [0.05, 0.1) is 4.90 Å². The van der Waals surface area contributed by atoms with Crippen LogP contribution in [0.3, 0.4) is 0 Å². The monoisotopic (exact) mass is 450 g/mol. The van der Waals surface area contributed by atoms with Crippen molar-refractivity contribution in [2.45, 2.75) is 31.1 Å². The van der Waals surface area contributed by atoms with E-state index in [4.69, 9.17) is 0 Å². The molecule has 1 amide bonds. The van der Waals surface area contributed by atoms with Crippen molar-refractivity contribution in [1.82, 2.24) is 4.72 Å². The van der Waals surface area contributed by atoms with Crippen LogP contribution in [0.2, 0.25) is 0 Å². The lowest BCUT2D eigenvalue weighted by Gasteiger charge is -2.09. The zero-order chi connectivity index (χ0) is 23.0. The molecular weight excluding hydrogens is 424 g/mol. The van der Waals surface area contributed by atoms with Crippen LogP contribution in [-0.4, -0.2) is 26.7 Å². The number of hydrogen-bond donors (Lipinski definition) is 2. The highest BCUT2D eigenvalue weighted by Gasteiger charge is 2.14. The molecule has 2 N–H and O–H groups in total. The molecule has 0 bridgehead atoms. The maximum atomic E-state index is 12.5. The quantitative estimate of drug-likeness (QED) is 0.455. The molecule has 166 valence electrons. The summed E-state index contributed by atoms with van der Waals surface area (Å²) in [7, 11) is -3.64. The van der Waals surface area contributed by atoms with E-state index in [1.807, 2.05) is 49.4 Å². The van der Waals surface area contributed by atoms with Crippen LogP contribution in [0.5, 0.6) is 0 Å². The van der Waals surface area contributed by atoms with Crippen molar-refractivity contribution >= 4 is 27.4 Å². The van der Waals surface area contributed by atoms with Crippen LogP contribution in [-0.2, 0) is 21.2 Å². The number of sulfonamides is 1. The van der Waals surface area contributed by atoms with Gasteiger partial charge in [-0.2, -0.15) is 0 Å². The number of benzene rings is 3. The van der Waals surface area contributed by atoms with Crippen LogP contribution in [0, 0.1) is 6.92 Å². The van der Waals surface area contributed by atoms with Gasteiger partial charge in [-0.15, -0.1) is 0 Å². The molecule has 0 heterocycles. The summed E-state index contributed by atoms with van der Waals surface area (Å²) >= 11 is 0. The second-order valence-electron chi connectivity index (χ2n) is 7.50. The summed E-state index contributed by atoms with van der Waals surface area (Å²) in [5.74, 6) is -0.398. The molecule has 0 saturated heterocycles. The molecule has 3 aromatic rings. The van der Waals surface area contributed by atoms with Gasteiger partial charge in [0.15, 0.2) is 5.78 Å². The molecule has 0 aromatic heterocycles. The number of ketones is 1. The molecule has 0 saturated carbocycles. The number of carbonyl (C=O) groups is 2. The highest BCUT2D eigenvalue weighted by molar-refractivity contribution is 7.89. The van der Waals surface area contributed by atoms with Crippen LogP contribution < -0.4 is 10.0 Å². The predicted molar refractivity (Wildman–Crippen MR) is 125 cm³/mol. The lowest BCUT2D eigenvalue weighted by Crippen LogP contribution is -2.26. The standard InChI is InChI=1S/C25H26N2O4S/c1-19-7-9-21(10-8-19)24(28)15-16-25(29)27-22-11-13-23(14-12-22)32(30,31)26-18-17-20-5-3-2-4-6-20/h2-14,26H,15-18H2,1H3,(H,27,29). The first-order valence-electron chi connectivity index (χ1n) is 10.4. The zero-order valence-electron chi connectivity index (χ0n) is 17.9. The lowest BCUT2D eigenvalue weighted by molar-refractivity contribution is -0.116. The Balaban J connectivity index is 1.48. The van der Waals surface area contributed by atoms with Crippen molar-refractivity contribution in [2.24, 2.45) is 0 Å². The van der Waals surface area contributed by atoms with E-state index in [0.717, 1.165) is 11.1 Å². The predicted octanol–water partition coefficient (Wildman–Crippen LogP) is 4.12. The van der Waals surface area contributed by atoms with Gasteiger partial charge in [0.25, 0.3) is 0 Å². The summed E-state index contributed by atoms with van der Waals surface area (Å²) in [6.07, 6.45) is 0.746. The number of rotatable bonds is 10. The first-order valence-corrected chi connectivity index (χ1v) is 11.9. The Kier molecular flexibility index (Phi) is 7.92. The minimum atomic E-state index is -3.64. The Morgan fingerprint density at radius 2 is 1.47 bits per heavy atom. The van der Waals surface area contributed by atoms with Crippen molar-refractivity contribution < 1.29 is 18.0 Å². The van der Waals surface area contributed by atoms with Crippen LogP contribution in [0.15, 0.2) is 83.8 Å². The summed E-state index contributed by atoms with van der Waals surface area (Å²) < 4.78 is 27.5. The van der Waals surface area contributed by atoms with Gasteiger partial charge in [0, 0.05) is 30.6 Å². The molecule has 6 nitrogen and oxygen atoms in total. The minimum absolute atomic E-state index is 0.0494. The number of aryl methyl sites for hydroxylation is 1. The molecule has 0 spiro atoms. The Labute approximate surface area is 188 Å². The molecule has 0 atom stereocenters. The van der Waals surface area contributed by atoms with Crippen molar-refractivity contribution in [3.63, 3.8) is 0 Å². The van der Waals surface area contributed by atoms with E-state index < -0.39 is 10.0 Å². The fourth-order valence-electron chi connectivity index (χ4n) is 3.11. The van der Waals surface area contributed by atoms with E-state index >= 15 is 0 Å². The highest BCUT2D eigenvalue weighted by atomic mass is 32.2. The van der Waals surface area contributed by atoms with Gasteiger partial charge >= 0.3 is 0 Å². The van der Waals surface area contributed by atoms with Gasteiger partial charge in [0.2, 0.25) is 15.9 Å². The maximum absolute atomic E-state index is 12.5. The molecule has 7 heteroatoms. The minimum Gasteiger partial charge on any atom is -0.326 e. The van der Waals surface area contributed by atoms with Crippen LogP contribution in [0.25, 0.3) is 0 Å². The van der Waals surface area contributed by atoms with Crippen molar-refractivity contribution in [3.05, 3.63) is 95.6 Å². The summed E-state index contributed by atoms with van der Waals surface area (Å²) in [5.41, 5.74) is 3.17. The van der Waals surface area contributed by atoms with Gasteiger partial charge < -0.3 is 5.32 Å². The van der Waals surface area contributed by atoms with Crippen LogP contribution in [0.4, 0.5) is 5.69 Å². The van der Waals surface area contributed by atoms with Gasteiger partial charge in [-0.1, -0.05) is 60.2 Å². The first-order chi connectivity index (χ1) is 15.3. The molecule has 0 aliphatic carbocycles. The van der Waals surface area contributed by atoms with Gasteiger partial charge in [0.1, 0.15) is 0 Å². The molecule has 0 radical (unpaired) electrons. The lowest BCUT2D eigenvalue weighted by atomic mass is 10.0. The van der Waals surface area contributed by atoms with Crippen molar-refractivity contribution in [1.29, 1.82) is 0 Å². The third kappa shape index (κ3) is 6.87. The van der Waals surface area contributed by atoms with E-state index in [1.54, 1.807) is 12.1 Å². The fourth-order valence-corrected chi connectivity index (χ4v) is 4.14. The van der Waals surface area contributed by atoms with E-state index in [9.17, 15) is 18.0 Å². The third-order valence-electron chi connectivity index (χ3n) is 4.95. The SMILES string of the molecule is Cc1ccc(C(=O)CCC(=O)Nc2ccc(S(=O)(=O)NCCc3ccccc3)cc2)cc1.